The summed E-state index contributed by atoms with van der Waals surface area (Å²) in [4.78, 5) is 11.2. The minimum Gasteiger partial charge on any atom is -0.258 e. The Morgan fingerprint density at radius 1 is 1.53 bits per heavy atom. The van der Waals surface area contributed by atoms with Gasteiger partial charge >= 0.3 is 0 Å². The summed E-state index contributed by atoms with van der Waals surface area (Å²) in [6.45, 7) is 7.83. The summed E-state index contributed by atoms with van der Waals surface area (Å²) in [5.41, 5.74) is 0.931. The zero-order valence-electron chi connectivity index (χ0n) is 8.77. The van der Waals surface area contributed by atoms with Crippen LogP contribution in [0.3, 0.4) is 0 Å². The Morgan fingerprint density at radius 2 is 2.20 bits per heavy atom. The molecule has 0 fully saturated rings. The Balaban J connectivity index is 3.09. The van der Waals surface area contributed by atoms with Crippen LogP contribution >= 0.6 is 11.8 Å². The molecule has 0 amide bonds. The third-order valence-corrected chi connectivity index (χ3v) is 2.88. The molecule has 3 nitrogen and oxygen atoms in total. The third kappa shape index (κ3) is 3.09. The SMILES string of the molecule is C=Cc1cc([N+](=O)[O-])ccc1SC(C)C. The summed E-state index contributed by atoms with van der Waals surface area (Å²) < 4.78 is 0. The maximum Gasteiger partial charge on any atom is 0.270 e. The predicted molar refractivity (Wildman–Crippen MR) is 64.2 cm³/mol. The van der Waals surface area contributed by atoms with E-state index in [4.69, 9.17) is 0 Å². The molecule has 0 heterocycles. The van der Waals surface area contributed by atoms with Crippen molar-refractivity contribution >= 4 is 23.5 Å². The van der Waals surface area contributed by atoms with Gasteiger partial charge in [0.05, 0.1) is 4.92 Å². The van der Waals surface area contributed by atoms with Crippen molar-refractivity contribution in [2.45, 2.75) is 24.0 Å². The first-order valence-corrected chi connectivity index (χ1v) is 5.50. The van der Waals surface area contributed by atoms with Crippen LogP contribution in [0.2, 0.25) is 0 Å². The zero-order chi connectivity index (χ0) is 11.4. The van der Waals surface area contributed by atoms with Crippen molar-refractivity contribution in [2.75, 3.05) is 0 Å². The highest BCUT2D eigenvalue weighted by Gasteiger charge is 2.09. The zero-order valence-corrected chi connectivity index (χ0v) is 9.58. The predicted octanol–water partition coefficient (Wildman–Crippen LogP) is 3.74. The summed E-state index contributed by atoms with van der Waals surface area (Å²) in [5, 5.41) is 11.0. The first-order chi connectivity index (χ1) is 7.04. The highest BCUT2D eigenvalue weighted by molar-refractivity contribution is 8.00. The number of rotatable bonds is 4. The summed E-state index contributed by atoms with van der Waals surface area (Å²) in [6.07, 6.45) is 1.65. The van der Waals surface area contributed by atoms with Crippen molar-refractivity contribution in [3.8, 4) is 0 Å². The van der Waals surface area contributed by atoms with Gasteiger partial charge in [0.15, 0.2) is 0 Å². The number of hydrogen-bond donors (Lipinski definition) is 0. The molecule has 0 unspecified atom stereocenters. The number of nitro benzene ring substituents is 1. The summed E-state index contributed by atoms with van der Waals surface area (Å²) in [5.74, 6) is 0. The van der Waals surface area contributed by atoms with Gasteiger partial charge in [0.1, 0.15) is 0 Å². The molecule has 0 aliphatic rings. The topological polar surface area (TPSA) is 43.1 Å². The highest BCUT2D eigenvalue weighted by atomic mass is 32.2. The van der Waals surface area contributed by atoms with Gasteiger partial charge in [0, 0.05) is 22.3 Å². The maximum absolute atomic E-state index is 10.6. The first kappa shape index (κ1) is 11.8. The fourth-order valence-electron chi connectivity index (χ4n) is 1.17. The molecule has 0 radical (unpaired) electrons. The summed E-state index contributed by atoms with van der Waals surface area (Å²) in [6, 6.07) is 4.86. The summed E-state index contributed by atoms with van der Waals surface area (Å²) >= 11 is 1.68. The van der Waals surface area contributed by atoms with Gasteiger partial charge in [0.2, 0.25) is 0 Å². The lowest BCUT2D eigenvalue weighted by Gasteiger charge is -2.07. The standard InChI is InChI=1S/C11H13NO2S/c1-4-9-7-10(12(13)14)5-6-11(9)15-8(2)3/h4-8H,1H2,2-3H3. The smallest absolute Gasteiger partial charge is 0.258 e. The molecule has 1 aromatic carbocycles. The van der Waals surface area contributed by atoms with Gasteiger partial charge in [-0.05, 0) is 11.6 Å². The molecule has 0 aliphatic heterocycles. The molecule has 0 aromatic heterocycles. The lowest BCUT2D eigenvalue weighted by molar-refractivity contribution is -0.384. The molecule has 80 valence electrons. The van der Waals surface area contributed by atoms with Crippen molar-refractivity contribution < 1.29 is 4.92 Å². The van der Waals surface area contributed by atoms with Gasteiger partial charge in [0.25, 0.3) is 5.69 Å². The number of nitro groups is 1. The van der Waals surface area contributed by atoms with Crippen LogP contribution in [0.25, 0.3) is 6.08 Å². The van der Waals surface area contributed by atoms with Crippen LogP contribution < -0.4 is 0 Å². The lowest BCUT2D eigenvalue weighted by atomic mass is 10.2. The van der Waals surface area contributed by atoms with Crippen LogP contribution in [-0.2, 0) is 0 Å². The fourth-order valence-corrected chi connectivity index (χ4v) is 2.10. The second-order valence-electron chi connectivity index (χ2n) is 3.35. The number of benzene rings is 1. The molecule has 0 saturated heterocycles. The highest BCUT2D eigenvalue weighted by Crippen LogP contribution is 2.30. The van der Waals surface area contributed by atoms with E-state index in [1.165, 1.54) is 6.07 Å². The largest absolute Gasteiger partial charge is 0.270 e. The van der Waals surface area contributed by atoms with E-state index in [1.807, 2.05) is 0 Å². The maximum atomic E-state index is 10.6. The quantitative estimate of drug-likeness (QED) is 0.443. The van der Waals surface area contributed by atoms with Crippen molar-refractivity contribution in [2.24, 2.45) is 0 Å². The molecule has 0 spiro atoms. The Bertz CT molecular complexity index is 388. The van der Waals surface area contributed by atoms with Gasteiger partial charge in [-0.2, -0.15) is 0 Å². The van der Waals surface area contributed by atoms with E-state index in [2.05, 4.69) is 20.4 Å². The molecule has 15 heavy (non-hydrogen) atoms. The average Bonchev–Trinajstić information content (AvgIpc) is 2.17. The van der Waals surface area contributed by atoms with E-state index in [0.29, 0.717) is 5.25 Å². The Kier molecular flexibility index (Phi) is 3.91. The average molecular weight is 223 g/mol. The van der Waals surface area contributed by atoms with Crippen molar-refractivity contribution in [1.82, 2.24) is 0 Å². The molecule has 4 heteroatoms. The second kappa shape index (κ2) is 4.98. The second-order valence-corrected chi connectivity index (χ2v) is 4.97. The molecule has 0 N–H and O–H groups in total. The number of thioether (sulfide) groups is 1. The van der Waals surface area contributed by atoms with E-state index < -0.39 is 4.92 Å². The minimum absolute atomic E-state index is 0.109. The Labute approximate surface area is 93.3 Å². The van der Waals surface area contributed by atoms with E-state index in [1.54, 1.807) is 30.0 Å². The van der Waals surface area contributed by atoms with Crippen LogP contribution in [0.5, 0.6) is 0 Å². The van der Waals surface area contributed by atoms with Gasteiger partial charge in [-0.15, -0.1) is 11.8 Å². The van der Waals surface area contributed by atoms with Crippen molar-refractivity contribution in [3.63, 3.8) is 0 Å². The van der Waals surface area contributed by atoms with Crippen LogP contribution in [0.4, 0.5) is 5.69 Å². The number of nitrogens with zero attached hydrogens (tertiary/aromatic N) is 1. The molecule has 1 aromatic rings. The van der Waals surface area contributed by atoms with E-state index in [9.17, 15) is 10.1 Å². The summed E-state index contributed by atoms with van der Waals surface area (Å²) in [7, 11) is 0. The molecular formula is C11H13NO2S. The Hall–Kier alpha value is -1.29. The van der Waals surface area contributed by atoms with Crippen LogP contribution in [0, 0.1) is 10.1 Å². The van der Waals surface area contributed by atoms with Crippen molar-refractivity contribution in [3.05, 3.63) is 40.5 Å². The molecular weight excluding hydrogens is 210 g/mol. The monoisotopic (exact) mass is 223 g/mol. The minimum atomic E-state index is -0.392. The van der Waals surface area contributed by atoms with E-state index >= 15 is 0 Å². The van der Waals surface area contributed by atoms with Gasteiger partial charge < -0.3 is 0 Å². The van der Waals surface area contributed by atoms with E-state index in [-0.39, 0.29) is 5.69 Å². The van der Waals surface area contributed by atoms with Gasteiger partial charge in [-0.3, -0.25) is 10.1 Å². The van der Waals surface area contributed by atoms with Crippen molar-refractivity contribution in [1.29, 1.82) is 0 Å². The lowest BCUT2D eigenvalue weighted by Crippen LogP contribution is -1.92. The molecule has 0 atom stereocenters. The molecule has 1 rings (SSSR count). The number of hydrogen-bond acceptors (Lipinski definition) is 3. The van der Waals surface area contributed by atoms with Gasteiger partial charge in [-0.1, -0.05) is 26.5 Å². The van der Waals surface area contributed by atoms with E-state index in [0.717, 1.165) is 10.5 Å². The molecule has 0 saturated carbocycles. The van der Waals surface area contributed by atoms with Crippen LogP contribution in [0.15, 0.2) is 29.7 Å². The molecule has 0 aliphatic carbocycles. The fraction of sp³-hybridized carbons (Fsp3) is 0.273. The van der Waals surface area contributed by atoms with Gasteiger partial charge in [-0.25, -0.2) is 0 Å². The third-order valence-electron chi connectivity index (χ3n) is 1.79. The van der Waals surface area contributed by atoms with Crippen LogP contribution in [-0.4, -0.2) is 10.2 Å². The van der Waals surface area contributed by atoms with Crippen LogP contribution in [0.1, 0.15) is 19.4 Å². The first-order valence-electron chi connectivity index (χ1n) is 4.62. The number of non-ortho nitro benzene ring substituents is 1. The normalized spacial score (nSPS) is 10.3. The Morgan fingerprint density at radius 3 is 2.67 bits per heavy atom. The molecule has 0 bridgehead atoms.